The lowest BCUT2D eigenvalue weighted by atomic mass is 9.94. The Labute approximate surface area is 195 Å². The first-order valence-corrected chi connectivity index (χ1v) is 12.6. The van der Waals surface area contributed by atoms with Gasteiger partial charge in [0.25, 0.3) is 5.56 Å². The van der Waals surface area contributed by atoms with Crippen molar-refractivity contribution in [2.75, 3.05) is 37.7 Å². The third kappa shape index (κ3) is 3.15. The van der Waals surface area contributed by atoms with Gasteiger partial charge in [-0.15, -0.1) is 5.10 Å². The number of nitrogens with zero attached hydrogens (tertiary/aromatic N) is 4. The van der Waals surface area contributed by atoms with E-state index < -0.39 is 15.4 Å². The third-order valence-electron chi connectivity index (χ3n) is 6.70. The minimum absolute atomic E-state index is 0.0173. The molecule has 0 aliphatic carbocycles. The predicted octanol–water partition coefficient (Wildman–Crippen LogP) is 1.20. The average Bonchev–Trinajstić information content (AvgIpc) is 3.22. The fraction of sp³-hybridized carbons (Fsp3) is 0.348. The van der Waals surface area contributed by atoms with Crippen molar-refractivity contribution in [1.29, 1.82) is 0 Å². The maximum Gasteiger partial charge on any atom is 0.281 e. The second-order valence-corrected chi connectivity index (χ2v) is 11.0. The Morgan fingerprint density at radius 2 is 1.94 bits per heavy atom. The summed E-state index contributed by atoms with van der Waals surface area (Å²) in [6, 6.07) is 10.6. The highest BCUT2D eigenvalue weighted by atomic mass is 32.2. The van der Waals surface area contributed by atoms with Crippen LogP contribution in [0.15, 0.2) is 51.1 Å². The van der Waals surface area contributed by atoms with Gasteiger partial charge in [0.1, 0.15) is 5.60 Å². The molecule has 11 heteroatoms. The lowest BCUT2D eigenvalue weighted by Crippen LogP contribution is -2.69. The van der Waals surface area contributed by atoms with Crippen molar-refractivity contribution in [2.24, 2.45) is 0 Å². The van der Waals surface area contributed by atoms with E-state index in [9.17, 15) is 13.2 Å². The number of H-pyrrole nitrogens is 1. The van der Waals surface area contributed by atoms with E-state index in [1.54, 1.807) is 31.2 Å². The first-order valence-electron chi connectivity index (χ1n) is 11.1. The zero-order valence-corrected chi connectivity index (χ0v) is 19.6. The van der Waals surface area contributed by atoms with Crippen LogP contribution in [-0.4, -0.2) is 66.6 Å². The predicted molar refractivity (Wildman–Crippen MR) is 126 cm³/mol. The minimum Gasteiger partial charge on any atom is -0.369 e. The molecule has 0 radical (unpaired) electrons. The molecule has 2 N–H and O–H groups in total. The molecule has 2 saturated heterocycles. The molecule has 1 spiro atoms. The lowest BCUT2D eigenvalue weighted by Gasteiger charge is -2.49. The number of hydrogen-bond acceptors (Lipinski definition) is 8. The smallest absolute Gasteiger partial charge is 0.281 e. The summed E-state index contributed by atoms with van der Waals surface area (Å²) in [4.78, 5) is 19.3. The fourth-order valence-corrected chi connectivity index (χ4v) is 6.34. The van der Waals surface area contributed by atoms with Crippen LogP contribution in [0.2, 0.25) is 0 Å². The number of ether oxygens (including phenoxy) is 1. The Morgan fingerprint density at radius 3 is 2.68 bits per heavy atom. The van der Waals surface area contributed by atoms with Crippen LogP contribution in [0.4, 0.5) is 5.69 Å². The topological polar surface area (TPSA) is 122 Å². The van der Waals surface area contributed by atoms with Gasteiger partial charge in [-0.1, -0.05) is 17.7 Å². The second kappa shape index (κ2) is 7.36. The molecular weight excluding hydrogens is 456 g/mol. The van der Waals surface area contributed by atoms with Gasteiger partial charge in [-0.05, 0) is 43.7 Å². The van der Waals surface area contributed by atoms with E-state index in [2.05, 4.69) is 25.5 Å². The number of benzene rings is 2. The Hall–Kier alpha value is -3.28. The van der Waals surface area contributed by atoms with Crippen LogP contribution in [-0.2, 0) is 14.6 Å². The van der Waals surface area contributed by atoms with Gasteiger partial charge < -0.3 is 15.0 Å². The van der Waals surface area contributed by atoms with E-state index in [-0.39, 0.29) is 21.2 Å². The van der Waals surface area contributed by atoms with E-state index in [1.165, 1.54) is 4.52 Å². The van der Waals surface area contributed by atoms with Crippen LogP contribution in [0, 0.1) is 13.8 Å². The number of aryl methyl sites for hydroxylation is 2. The molecule has 6 rings (SSSR count). The summed E-state index contributed by atoms with van der Waals surface area (Å²) in [7, 11) is -4.00. The molecule has 0 saturated carbocycles. The van der Waals surface area contributed by atoms with E-state index in [0.717, 1.165) is 37.4 Å². The zero-order chi connectivity index (χ0) is 23.7. The summed E-state index contributed by atoms with van der Waals surface area (Å²) in [5.41, 5.74) is 2.32. The molecule has 4 aromatic rings. The van der Waals surface area contributed by atoms with Crippen molar-refractivity contribution in [3.05, 3.63) is 57.9 Å². The summed E-state index contributed by atoms with van der Waals surface area (Å²) < 4.78 is 34.3. The van der Waals surface area contributed by atoms with Gasteiger partial charge in [0, 0.05) is 31.9 Å². The van der Waals surface area contributed by atoms with E-state index in [4.69, 9.17) is 4.74 Å². The third-order valence-corrected chi connectivity index (χ3v) is 8.52. The summed E-state index contributed by atoms with van der Waals surface area (Å²) >= 11 is 0. The highest BCUT2D eigenvalue weighted by Crippen LogP contribution is 2.30. The fourth-order valence-electron chi connectivity index (χ4n) is 4.86. The molecule has 0 unspecified atom stereocenters. The molecule has 2 aromatic carbocycles. The van der Waals surface area contributed by atoms with Crippen LogP contribution in [0.1, 0.15) is 11.1 Å². The second-order valence-electron chi connectivity index (χ2n) is 9.12. The van der Waals surface area contributed by atoms with Crippen LogP contribution < -0.4 is 15.8 Å². The first-order chi connectivity index (χ1) is 16.3. The van der Waals surface area contributed by atoms with E-state index >= 15 is 0 Å². The number of morpholine rings is 1. The molecule has 0 atom stereocenters. The maximum absolute atomic E-state index is 13.4. The van der Waals surface area contributed by atoms with Crippen molar-refractivity contribution in [2.45, 2.75) is 29.4 Å². The lowest BCUT2D eigenvalue weighted by molar-refractivity contribution is -0.0881. The Bertz CT molecular complexity index is 1620. The standard InChI is InChI=1S/C23H24N6O4S/c1-14-3-6-19(15(2)9-14)34(31,32)22-20-25-21(30)17-5-4-16(10-18(17)29(20)27-26-22)28-7-8-33-23(13-28)11-24-12-23/h3-6,9-10,24,27H,7-8,11-13H2,1-2H3. The molecule has 2 aliphatic rings. The van der Waals surface area contributed by atoms with Gasteiger partial charge in [0.05, 0.1) is 22.4 Å². The molecule has 0 amide bonds. The van der Waals surface area contributed by atoms with Crippen molar-refractivity contribution in [3.8, 4) is 0 Å². The molecule has 2 aromatic heterocycles. The van der Waals surface area contributed by atoms with E-state index in [0.29, 0.717) is 23.1 Å². The van der Waals surface area contributed by atoms with Gasteiger partial charge in [-0.2, -0.15) is 4.98 Å². The SMILES string of the molecule is Cc1ccc(S(=O)(=O)c2n[nH]n3c2nc(=O)c2ccc(N4CCOC5(CNC5)C4)cc23)c(C)c1. The van der Waals surface area contributed by atoms with E-state index in [1.807, 2.05) is 19.1 Å². The van der Waals surface area contributed by atoms with Crippen LogP contribution in [0.5, 0.6) is 0 Å². The molecule has 10 nitrogen and oxygen atoms in total. The normalized spacial score (nSPS) is 18.0. The Balaban J connectivity index is 1.49. The monoisotopic (exact) mass is 480 g/mol. The van der Waals surface area contributed by atoms with Crippen LogP contribution >= 0.6 is 0 Å². The van der Waals surface area contributed by atoms with Gasteiger partial charge in [-0.3, -0.25) is 4.79 Å². The summed E-state index contributed by atoms with van der Waals surface area (Å²) in [5.74, 6) is 0. The highest BCUT2D eigenvalue weighted by Gasteiger charge is 2.42. The molecule has 2 aliphatic heterocycles. The van der Waals surface area contributed by atoms with Crippen molar-refractivity contribution >= 4 is 32.1 Å². The number of rotatable bonds is 3. The summed E-state index contributed by atoms with van der Waals surface area (Å²) in [5, 5.41) is 10.2. The van der Waals surface area contributed by atoms with Crippen molar-refractivity contribution < 1.29 is 13.2 Å². The van der Waals surface area contributed by atoms with Crippen molar-refractivity contribution in [3.63, 3.8) is 0 Å². The summed E-state index contributed by atoms with van der Waals surface area (Å²) in [6.45, 7) is 7.35. The Kier molecular flexibility index (Phi) is 4.60. The van der Waals surface area contributed by atoms with Gasteiger partial charge in [0.2, 0.25) is 14.9 Å². The quantitative estimate of drug-likeness (QED) is 0.449. The number of aromatic amines is 1. The molecule has 2 fully saturated rings. The molecule has 4 heterocycles. The largest absolute Gasteiger partial charge is 0.369 e. The maximum atomic E-state index is 13.4. The minimum atomic E-state index is -4.00. The highest BCUT2D eigenvalue weighted by molar-refractivity contribution is 7.91. The average molecular weight is 481 g/mol. The molecule has 34 heavy (non-hydrogen) atoms. The number of aromatic nitrogens is 4. The molecular formula is C23H24N6O4S. The number of fused-ring (bicyclic) bond motifs is 3. The van der Waals surface area contributed by atoms with Gasteiger partial charge in [-0.25, -0.2) is 18.1 Å². The first kappa shape index (κ1) is 21.3. The number of nitrogens with one attached hydrogen (secondary N) is 2. The Morgan fingerprint density at radius 1 is 1.12 bits per heavy atom. The zero-order valence-electron chi connectivity index (χ0n) is 18.8. The molecule has 176 valence electrons. The number of sulfone groups is 1. The number of hydrogen-bond donors (Lipinski definition) is 2. The number of anilines is 1. The summed E-state index contributed by atoms with van der Waals surface area (Å²) in [6.07, 6.45) is 0. The molecule has 0 bridgehead atoms. The van der Waals surface area contributed by atoms with Crippen LogP contribution in [0.25, 0.3) is 16.6 Å². The van der Waals surface area contributed by atoms with Gasteiger partial charge in [0.15, 0.2) is 5.65 Å². The van der Waals surface area contributed by atoms with Crippen LogP contribution in [0.3, 0.4) is 0 Å². The van der Waals surface area contributed by atoms with Crippen molar-refractivity contribution in [1.82, 2.24) is 25.1 Å². The van der Waals surface area contributed by atoms with Gasteiger partial charge >= 0.3 is 0 Å².